The lowest BCUT2D eigenvalue weighted by Crippen LogP contribution is -2.33. The maximum Gasteiger partial charge on any atom is 0.340 e. The quantitative estimate of drug-likeness (QED) is 0.307. The minimum absolute atomic E-state index is 0.166. The molecule has 2 aliphatic heterocycles. The standard InChI is InChI=1S/C20H12N2O5/c21-11-5-7-16-18(9-11)26-17-4-2-1-3-15(17)20(16)14-8-6-12(22(24)25)10-13(14)19(23)27-20/h1-10H,21H2. The number of nitrogen functional groups attached to an aromatic ring is 1. The van der Waals surface area contributed by atoms with Crippen molar-refractivity contribution in [3.63, 3.8) is 0 Å². The average Bonchev–Trinajstić information content (AvgIpc) is 2.94. The molecule has 0 fully saturated rings. The molecule has 2 aliphatic rings. The number of carbonyl (C=O) groups is 1. The maximum atomic E-state index is 12.7. The van der Waals surface area contributed by atoms with E-state index in [1.54, 1.807) is 30.3 Å². The number of anilines is 1. The van der Waals surface area contributed by atoms with E-state index in [0.29, 0.717) is 33.9 Å². The second-order valence-electron chi connectivity index (χ2n) is 6.41. The fourth-order valence-electron chi connectivity index (χ4n) is 3.80. The number of rotatable bonds is 1. The lowest BCUT2D eigenvalue weighted by atomic mass is 9.77. The molecule has 2 N–H and O–H groups in total. The molecule has 0 radical (unpaired) electrons. The summed E-state index contributed by atoms with van der Waals surface area (Å²) in [4.78, 5) is 23.3. The van der Waals surface area contributed by atoms with Crippen LogP contribution in [0.15, 0.2) is 60.7 Å². The lowest BCUT2D eigenvalue weighted by Gasteiger charge is -2.36. The number of para-hydroxylation sites is 1. The third-order valence-electron chi connectivity index (χ3n) is 4.93. The Hall–Kier alpha value is -3.87. The Morgan fingerprint density at radius 1 is 0.926 bits per heavy atom. The number of hydrogen-bond donors (Lipinski definition) is 1. The number of nitrogens with zero attached hydrogens (tertiary/aromatic N) is 1. The molecule has 132 valence electrons. The molecule has 7 nitrogen and oxygen atoms in total. The number of nitro benzene ring substituents is 1. The van der Waals surface area contributed by atoms with Crippen LogP contribution in [0.3, 0.4) is 0 Å². The van der Waals surface area contributed by atoms with Gasteiger partial charge in [-0.1, -0.05) is 18.2 Å². The van der Waals surface area contributed by atoms with Crippen molar-refractivity contribution in [2.24, 2.45) is 0 Å². The third-order valence-corrected chi connectivity index (χ3v) is 4.93. The molecule has 0 aromatic heterocycles. The zero-order chi connectivity index (χ0) is 18.8. The summed E-state index contributed by atoms with van der Waals surface area (Å²) >= 11 is 0. The van der Waals surface area contributed by atoms with Gasteiger partial charge in [-0.05, 0) is 24.3 Å². The number of fused-ring (bicyclic) bond motifs is 6. The van der Waals surface area contributed by atoms with Crippen LogP contribution in [-0.2, 0) is 10.3 Å². The average molecular weight is 360 g/mol. The number of hydrogen-bond acceptors (Lipinski definition) is 6. The van der Waals surface area contributed by atoms with Crippen LogP contribution in [-0.4, -0.2) is 10.9 Å². The minimum atomic E-state index is -1.24. The number of nitro groups is 1. The monoisotopic (exact) mass is 360 g/mol. The van der Waals surface area contributed by atoms with Crippen molar-refractivity contribution >= 4 is 17.3 Å². The van der Waals surface area contributed by atoms with Crippen LogP contribution >= 0.6 is 0 Å². The molecule has 0 aliphatic carbocycles. The fourth-order valence-corrected chi connectivity index (χ4v) is 3.80. The first kappa shape index (κ1) is 15.4. The molecule has 0 amide bonds. The van der Waals surface area contributed by atoms with E-state index in [0.717, 1.165) is 0 Å². The summed E-state index contributed by atoms with van der Waals surface area (Å²) in [6.07, 6.45) is 0. The highest BCUT2D eigenvalue weighted by atomic mass is 16.6. The van der Waals surface area contributed by atoms with E-state index >= 15 is 0 Å². The Morgan fingerprint density at radius 3 is 2.48 bits per heavy atom. The van der Waals surface area contributed by atoms with E-state index in [-0.39, 0.29) is 11.3 Å². The number of esters is 1. The van der Waals surface area contributed by atoms with Crippen molar-refractivity contribution in [1.29, 1.82) is 0 Å². The number of non-ortho nitro benzene ring substituents is 1. The van der Waals surface area contributed by atoms with Crippen LogP contribution in [0.2, 0.25) is 0 Å². The summed E-state index contributed by atoms with van der Waals surface area (Å²) in [5.74, 6) is 0.399. The first-order chi connectivity index (χ1) is 13.0. The van der Waals surface area contributed by atoms with Crippen LogP contribution in [0, 0.1) is 10.1 Å². The molecule has 1 spiro atoms. The zero-order valence-electron chi connectivity index (χ0n) is 13.8. The predicted octanol–water partition coefficient (Wildman–Crippen LogP) is 3.75. The van der Waals surface area contributed by atoms with Gasteiger partial charge in [-0.25, -0.2) is 4.79 Å². The van der Waals surface area contributed by atoms with E-state index in [1.165, 1.54) is 12.1 Å². The van der Waals surface area contributed by atoms with E-state index in [9.17, 15) is 14.9 Å². The van der Waals surface area contributed by atoms with Gasteiger partial charge in [-0.15, -0.1) is 0 Å². The summed E-state index contributed by atoms with van der Waals surface area (Å²) in [6, 6.07) is 16.6. The SMILES string of the molecule is Nc1ccc2c(c1)Oc1ccccc1C21OC(=O)c2cc([N+](=O)[O-])ccc21. The Kier molecular flexibility index (Phi) is 2.89. The molecule has 5 rings (SSSR count). The molecule has 2 heterocycles. The smallest absolute Gasteiger partial charge is 0.340 e. The van der Waals surface area contributed by atoms with Gasteiger partial charge in [0.15, 0.2) is 5.60 Å². The highest BCUT2D eigenvalue weighted by Gasteiger charge is 2.53. The highest BCUT2D eigenvalue weighted by Crippen LogP contribution is 2.56. The van der Waals surface area contributed by atoms with Gasteiger partial charge in [0.2, 0.25) is 0 Å². The van der Waals surface area contributed by atoms with E-state index < -0.39 is 16.5 Å². The van der Waals surface area contributed by atoms with E-state index in [2.05, 4.69) is 0 Å². The van der Waals surface area contributed by atoms with Gasteiger partial charge in [-0.2, -0.15) is 0 Å². The van der Waals surface area contributed by atoms with Gasteiger partial charge in [0.25, 0.3) is 5.69 Å². The topological polar surface area (TPSA) is 105 Å². The Morgan fingerprint density at radius 2 is 1.67 bits per heavy atom. The number of carbonyl (C=O) groups excluding carboxylic acids is 1. The van der Waals surface area contributed by atoms with Crippen molar-refractivity contribution in [1.82, 2.24) is 0 Å². The highest BCUT2D eigenvalue weighted by molar-refractivity contribution is 5.97. The Bertz CT molecular complexity index is 1160. The van der Waals surface area contributed by atoms with Crippen molar-refractivity contribution in [2.75, 3.05) is 5.73 Å². The molecule has 27 heavy (non-hydrogen) atoms. The second kappa shape index (κ2) is 5.07. The summed E-state index contributed by atoms with van der Waals surface area (Å²) in [5.41, 5.74) is 7.00. The molecule has 0 saturated carbocycles. The van der Waals surface area contributed by atoms with Gasteiger partial charge >= 0.3 is 5.97 Å². The number of nitrogens with two attached hydrogens (primary N) is 1. The molecule has 3 aromatic carbocycles. The molecular formula is C20H12N2O5. The van der Waals surface area contributed by atoms with Gasteiger partial charge in [0, 0.05) is 40.6 Å². The van der Waals surface area contributed by atoms with Crippen molar-refractivity contribution in [3.8, 4) is 11.5 Å². The van der Waals surface area contributed by atoms with Crippen molar-refractivity contribution in [3.05, 3.63) is 93.0 Å². The lowest BCUT2D eigenvalue weighted by molar-refractivity contribution is -0.384. The minimum Gasteiger partial charge on any atom is -0.456 e. The van der Waals surface area contributed by atoms with Crippen LogP contribution in [0.25, 0.3) is 0 Å². The summed E-state index contributed by atoms with van der Waals surface area (Å²) in [6.45, 7) is 0. The normalized spacial score (nSPS) is 18.9. The van der Waals surface area contributed by atoms with E-state index in [4.69, 9.17) is 15.2 Å². The molecule has 3 aromatic rings. The van der Waals surface area contributed by atoms with Gasteiger partial charge < -0.3 is 15.2 Å². The molecular weight excluding hydrogens is 348 g/mol. The zero-order valence-corrected chi connectivity index (χ0v) is 13.8. The summed E-state index contributed by atoms with van der Waals surface area (Å²) < 4.78 is 11.9. The van der Waals surface area contributed by atoms with Gasteiger partial charge in [0.1, 0.15) is 11.5 Å². The van der Waals surface area contributed by atoms with Crippen molar-refractivity contribution < 1.29 is 19.2 Å². The van der Waals surface area contributed by atoms with Crippen molar-refractivity contribution in [2.45, 2.75) is 5.60 Å². The van der Waals surface area contributed by atoms with Gasteiger partial charge in [-0.3, -0.25) is 10.1 Å². The largest absolute Gasteiger partial charge is 0.456 e. The fraction of sp³-hybridized carbons (Fsp3) is 0.0500. The molecule has 1 unspecified atom stereocenters. The van der Waals surface area contributed by atoms with Crippen LogP contribution < -0.4 is 10.5 Å². The summed E-state index contributed by atoms with van der Waals surface area (Å²) in [7, 11) is 0. The Labute approximate surface area is 153 Å². The summed E-state index contributed by atoms with van der Waals surface area (Å²) in [5, 5.41) is 11.1. The molecule has 0 saturated heterocycles. The first-order valence-corrected chi connectivity index (χ1v) is 8.20. The predicted molar refractivity (Wildman–Crippen MR) is 95.8 cm³/mol. The first-order valence-electron chi connectivity index (χ1n) is 8.20. The Balaban J connectivity index is 1.87. The molecule has 7 heteroatoms. The molecule has 1 atom stereocenters. The van der Waals surface area contributed by atoms with Crippen LogP contribution in [0.1, 0.15) is 27.0 Å². The van der Waals surface area contributed by atoms with Crippen LogP contribution in [0.5, 0.6) is 11.5 Å². The number of benzene rings is 3. The molecule has 0 bridgehead atoms. The van der Waals surface area contributed by atoms with Crippen LogP contribution in [0.4, 0.5) is 11.4 Å². The maximum absolute atomic E-state index is 12.7. The van der Waals surface area contributed by atoms with Gasteiger partial charge in [0.05, 0.1) is 10.5 Å². The third kappa shape index (κ3) is 1.93. The second-order valence-corrected chi connectivity index (χ2v) is 6.41. The number of ether oxygens (including phenoxy) is 2. The van der Waals surface area contributed by atoms with E-state index in [1.807, 2.05) is 18.2 Å².